The topological polar surface area (TPSA) is 28.7 Å². The molecule has 1 saturated carbocycles. The monoisotopic (exact) mass is 236 g/mol. The number of aryl methyl sites for hydroxylation is 2. The lowest BCUT2D eigenvalue weighted by molar-refractivity contribution is 0.326. The van der Waals surface area contributed by atoms with Gasteiger partial charge in [0.05, 0.1) is 17.0 Å². The van der Waals surface area contributed by atoms with Crippen LogP contribution in [-0.2, 0) is 18.4 Å². The molecule has 1 aliphatic carbocycles. The molecule has 2 heterocycles. The summed E-state index contributed by atoms with van der Waals surface area (Å²) in [7, 11) is 0. The molecule has 1 aliphatic heterocycles. The third kappa shape index (κ3) is 1.12. The number of para-hydroxylation sites is 1. The fraction of sp³-hybridized carbons (Fsp3) is 0.438. The predicted molar refractivity (Wildman–Crippen MR) is 71.4 cm³/mol. The van der Waals surface area contributed by atoms with E-state index in [4.69, 9.17) is 0 Å². The summed E-state index contributed by atoms with van der Waals surface area (Å²) in [6.45, 7) is 1.11. The molecule has 18 heavy (non-hydrogen) atoms. The zero-order valence-corrected chi connectivity index (χ0v) is 10.4. The van der Waals surface area contributed by atoms with E-state index in [1.807, 2.05) is 0 Å². The van der Waals surface area contributed by atoms with Gasteiger partial charge in [-0.25, -0.2) is 0 Å². The molecule has 0 atom stereocenters. The van der Waals surface area contributed by atoms with Gasteiger partial charge in [-0.05, 0) is 43.2 Å². The van der Waals surface area contributed by atoms with Gasteiger partial charge in [0.25, 0.3) is 0 Å². The van der Waals surface area contributed by atoms with E-state index < -0.39 is 0 Å². The van der Waals surface area contributed by atoms with Gasteiger partial charge in [0.15, 0.2) is 0 Å². The summed E-state index contributed by atoms with van der Waals surface area (Å²) in [4.78, 5) is 0. The first-order valence-electron chi connectivity index (χ1n) is 6.86. The first-order chi connectivity index (χ1) is 8.84. The Morgan fingerprint density at radius 3 is 2.83 bits per heavy atom. The molecule has 90 valence electrons. The molecule has 1 aromatic carbocycles. The Labute approximate surface area is 107 Å². The van der Waals surface area contributed by atoms with Gasteiger partial charge >= 0.3 is 0 Å². The van der Waals surface area contributed by atoms with Crippen LogP contribution in [0.25, 0.3) is 10.9 Å². The third-order valence-corrected chi connectivity index (χ3v) is 4.76. The molecule has 0 amide bonds. The highest BCUT2D eigenvalue weighted by Gasteiger charge is 2.41. The Balaban J connectivity index is 2.04. The van der Waals surface area contributed by atoms with E-state index in [9.17, 15) is 5.26 Å². The second kappa shape index (κ2) is 3.38. The van der Waals surface area contributed by atoms with Gasteiger partial charge in [-0.15, -0.1) is 0 Å². The van der Waals surface area contributed by atoms with Gasteiger partial charge in [-0.3, -0.25) is 0 Å². The Kier molecular flexibility index (Phi) is 1.92. The van der Waals surface area contributed by atoms with E-state index in [2.05, 4.69) is 35.0 Å². The zero-order chi connectivity index (χ0) is 12.2. The highest BCUT2D eigenvalue weighted by Crippen LogP contribution is 2.47. The summed E-state index contributed by atoms with van der Waals surface area (Å²) in [6.07, 6.45) is 7.93. The van der Waals surface area contributed by atoms with Crippen LogP contribution in [0.5, 0.6) is 0 Å². The van der Waals surface area contributed by atoms with E-state index >= 15 is 0 Å². The normalized spacial score (nSPS) is 20.4. The van der Waals surface area contributed by atoms with Crippen LogP contribution in [0.15, 0.2) is 24.4 Å². The summed E-state index contributed by atoms with van der Waals surface area (Å²) >= 11 is 0. The summed E-state index contributed by atoms with van der Waals surface area (Å²) in [5, 5.41) is 10.9. The van der Waals surface area contributed by atoms with E-state index in [1.165, 1.54) is 41.3 Å². The molecule has 1 aromatic heterocycles. The molecule has 2 nitrogen and oxygen atoms in total. The minimum atomic E-state index is -0.188. The molecule has 0 unspecified atom stereocenters. The first kappa shape index (κ1) is 10.2. The Morgan fingerprint density at radius 2 is 2.11 bits per heavy atom. The van der Waals surface area contributed by atoms with Crippen molar-refractivity contribution < 1.29 is 0 Å². The quantitative estimate of drug-likeness (QED) is 0.744. The molecule has 2 heteroatoms. The van der Waals surface area contributed by atoms with Crippen LogP contribution in [0.1, 0.15) is 36.8 Å². The lowest BCUT2D eigenvalue weighted by atomic mass is 9.65. The average Bonchev–Trinajstić information content (AvgIpc) is 2.72. The van der Waals surface area contributed by atoms with Crippen LogP contribution in [0.4, 0.5) is 0 Å². The Bertz CT molecular complexity index is 668. The SMILES string of the molecule is N#CC1(c2cn3c4c(cccc24)CCC3)CCC1. The molecule has 1 fully saturated rings. The summed E-state index contributed by atoms with van der Waals surface area (Å²) in [5.41, 5.74) is 3.94. The van der Waals surface area contributed by atoms with E-state index in [0.717, 1.165) is 19.4 Å². The van der Waals surface area contributed by atoms with Crippen LogP contribution < -0.4 is 0 Å². The molecule has 0 spiro atoms. The first-order valence-corrected chi connectivity index (χ1v) is 6.86. The van der Waals surface area contributed by atoms with Crippen molar-refractivity contribution in [2.75, 3.05) is 0 Å². The van der Waals surface area contributed by atoms with Gasteiger partial charge in [0.2, 0.25) is 0 Å². The van der Waals surface area contributed by atoms with Crippen LogP contribution >= 0.6 is 0 Å². The predicted octanol–water partition coefficient (Wildman–Crippen LogP) is 3.53. The highest BCUT2D eigenvalue weighted by atomic mass is 15.0. The van der Waals surface area contributed by atoms with Crippen LogP contribution in [0, 0.1) is 11.3 Å². The number of rotatable bonds is 1. The van der Waals surface area contributed by atoms with E-state index in [1.54, 1.807) is 0 Å². The second-order valence-electron chi connectivity index (χ2n) is 5.70. The number of nitrogens with zero attached hydrogens (tertiary/aromatic N) is 2. The second-order valence-corrected chi connectivity index (χ2v) is 5.70. The number of hydrogen-bond donors (Lipinski definition) is 0. The van der Waals surface area contributed by atoms with Crippen molar-refractivity contribution in [3.63, 3.8) is 0 Å². The summed E-state index contributed by atoms with van der Waals surface area (Å²) < 4.78 is 2.38. The third-order valence-electron chi connectivity index (χ3n) is 4.76. The largest absolute Gasteiger partial charge is 0.347 e. The summed E-state index contributed by atoms with van der Waals surface area (Å²) in [5.74, 6) is 0. The van der Waals surface area contributed by atoms with E-state index in [-0.39, 0.29) is 5.41 Å². The van der Waals surface area contributed by atoms with Crippen LogP contribution in [0.2, 0.25) is 0 Å². The van der Waals surface area contributed by atoms with Crippen molar-refractivity contribution in [2.24, 2.45) is 0 Å². The molecular formula is C16H16N2. The maximum Gasteiger partial charge on any atom is 0.0843 e. The van der Waals surface area contributed by atoms with Crippen LogP contribution in [0.3, 0.4) is 0 Å². The minimum absolute atomic E-state index is 0.188. The lowest BCUT2D eigenvalue weighted by Crippen LogP contribution is -2.32. The fourth-order valence-electron chi connectivity index (χ4n) is 3.61. The zero-order valence-electron chi connectivity index (χ0n) is 10.4. The van der Waals surface area contributed by atoms with Gasteiger partial charge in [0, 0.05) is 18.1 Å². The standard InChI is InChI=1S/C16H16N2/c17-11-16(7-3-8-16)14-10-18-9-2-5-12-4-1-6-13(14)15(12)18/h1,4,6,10H,2-3,5,7-9H2. The molecule has 0 bridgehead atoms. The fourth-order valence-corrected chi connectivity index (χ4v) is 3.61. The Morgan fingerprint density at radius 1 is 1.22 bits per heavy atom. The maximum atomic E-state index is 9.56. The lowest BCUT2D eigenvalue weighted by Gasteiger charge is -2.35. The molecule has 4 rings (SSSR count). The highest BCUT2D eigenvalue weighted by molar-refractivity contribution is 5.89. The van der Waals surface area contributed by atoms with Crippen molar-refractivity contribution in [2.45, 2.75) is 44.1 Å². The van der Waals surface area contributed by atoms with Crippen molar-refractivity contribution in [3.05, 3.63) is 35.5 Å². The van der Waals surface area contributed by atoms with Crippen molar-refractivity contribution >= 4 is 10.9 Å². The van der Waals surface area contributed by atoms with Crippen LogP contribution in [-0.4, -0.2) is 4.57 Å². The number of benzene rings is 1. The minimum Gasteiger partial charge on any atom is -0.347 e. The van der Waals surface area contributed by atoms with E-state index in [0.29, 0.717) is 0 Å². The Hall–Kier alpha value is -1.75. The average molecular weight is 236 g/mol. The van der Waals surface area contributed by atoms with Gasteiger partial charge in [0.1, 0.15) is 0 Å². The maximum absolute atomic E-state index is 9.56. The van der Waals surface area contributed by atoms with Crippen molar-refractivity contribution in [1.82, 2.24) is 4.57 Å². The number of nitriles is 1. The van der Waals surface area contributed by atoms with Gasteiger partial charge in [-0.1, -0.05) is 18.2 Å². The molecular weight excluding hydrogens is 220 g/mol. The number of aromatic nitrogens is 1. The van der Waals surface area contributed by atoms with Gasteiger partial charge in [-0.2, -0.15) is 5.26 Å². The molecule has 0 N–H and O–H groups in total. The summed E-state index contributed by atoms with van der Waals surface area (Å²) in [6, 6.07) is 9.18. The van der Waals surface area contributed by atoms with Crippen molar-refractivity contribution in [1.29, 1.82) is 5.26 Å². The molecule has 0 saturated heterocycles. The van der Waals surface area contributed by atoms with Gasteiger partial charge < -0.3 is 4.57 Å². The molecule has 2 aliphatic rings. The smallest absolute Gasteiger partial charge is 0.0843 e. The molecule has 2 aromatic rings. The number of hydrogen-bond acceptors (Lipinski definition) is 1. The molecule has 0 radical (unpaired) electrons. The van der Waals surface area contributed by atoms with Crippen molar-refractivity contribution in [3.8, 4) is 6.07 Å².